The van der Waals surface area contributed by atoms with E-state index in [1.54, 1.807) is 19.1 Å². The lowest BCUT2D eigenvalue weighted by Gasteiger charge is -2.09. The van der Waals surface area contributed by atoms with E-state index in [9.17, 15) is 9.90 Å². The van der Waals surface area contributed by atoms with Gasteiger partial charge in [0.2, 0.25) is 0 Å². The molecule has 4 nitrogen and oxygen atoms in total. The summed E-state index contributed by atoms with van der Waals surface area (Å²) < 4.78 is 4.88. The number of ether oxygens (including phenoxy) is 1. The van der Waals surface area contributed by atoms with Crippen LogP contribution in [0.3, 0.4) is 0 Å². The predicted octanol–water partition coefficient (Wildman–Crippen LogP) is 1.47. The van der Waals surface area contributed by atoms with E-state index in [2.05, 4.69) is 0 Å². The van der Waals surface area contributed by atoms with Crippen LogP contribution >= 0.6 is 0 Å². The number of carbonyl (C=O) groups is 1. The van der Waals surface area contributed by atoms with Crippen molar-refractivity contribution in [2.45, 2.75) is 13.8 Å². The largest absolute Gasteiger partial charge is 0.504 e. The number of benzene rings is 1. The summed E-state index contributed by atoms with van der Waals surface area (Å²) >= 11 is 0. The van der Waals surface area contributed by atoms with Gasteiger partial charge in [-0.15, -0.1) is 0 Å². The van der Waals surface area contributed by atoms with Crippen molar-refractivity contribution in [2.24, 2.45) is 0 Å². The van der Waals surface area contributed by atoms with Gasteiger partial charge in [-0.05, 0) is 31.0 Å². The van der Waals surface area contributed by atoms with E-state index in [4.69, 9.17) is 9.84 Å². The minimum absolute atomic E-state index is 0.00579. The predicted molar refractivity (Wildman–Crippen MR) is 50.7 cm³/mol. The molecular weight excluding hydrogens is 184 g/mol. The summed E-state index contributed by atoms with van der Waals surface area (Å²) in [7, 11) is 0. The van der Waals surface area contributed by atoms with Gasteiger partial charge in [-0.2, -0.15) is 0 Å². The van der Waals surface area contributed by atoms with Crippen molar-refractivity contribution in [3.8, 4) is 11.5 Å². The van der Waals surface area contributed by atoms with Gasteiger partial charge in [0.15, 0.2) is 18.1 Å². The van der Waals surface area contributed by atoms with Crippen molar-refractivity contribution < 1.29 is 19.7 Å². The molecule has 1 rings (SSSR count). The molecule has 0 aromatic heterocycles. The lowest BCUT2D eigenvalue weighted by molar-refractivity contribution is -0.139. The van der Waals surface area contributed by atoms with E-state index in [-0.39, 0.29) is 11.5 Å². The normalized spacial score (nSPS) is 9.86. The maximum absolute atomic E-state index is 10.2. The first kappa shape index (κ1) is 10.4. The van der Waals surface area contributed by atoms with E-state index in [0.717, 1.165) is 5.56 Å². The Morgan fingerprint density at radius 2 is 2.07 bits per heavy atom. The third-order valence-corrected chi connectivity index (χ3v) is 2.02. The minimum Gasteiger partial charge on any atom is -0.504 e. The molecule has 14 heavy (non-hydrogen) atoms. The number of aliphatic carboxylic acids is 1. The number of rotatable bonds is 3. The Kier molecular flexibility index (Phi) is 2.96. The zero-order valence-corrected chi connectivity index (χ0v) is 8.07. The van der Waals surface area contributed by atoms with E-state index >= 15 is 0 Å². The number of phenolic OH excluding ortho intramolecular Hbond substituents is 1. The molecule has 0 unspecified atom stereocenters. The molecule has 0 amide bonds. The number of aryl methyl sites for hydroxylation is 1. The second-order valence-corrected chi connectivity index (χ2v) is 3.04. The second-order valence-electron chi connectivity index (χ2n) is 3.04. The topological polar surface area (TPSA) is 66.8 Å². The maximum atomic E-state index is 10.2. The van der Waals surface area contributed by atoms with Crippen LogP contribution in [0, 0.1) is 13.8 Å². The summed E-state index contributed by atoms with van der Waals surface area (Å²) in [4.78, 5) is 10.2. The standard InChI is InChI=1S/C10H12O4/c1-6-3-4-8(10(13)7(6)2)14-5-9(11)12/h3-4,13H,5H2,1-2H3,(H,11,12). The third-order valence-electron chi connectivity index (χ3n) is 2.02. The summed E-state index contributed by atoms with van der Waals surface area (Å²) in [6, 6.07) is 3.33. The average molecular weight is 196 g/mol. The molecule has 0 spiro atoms. The van der Waals surface area contributed by atoms with Gasteiger partial charge in [-0.1, -0.05) is 6.07 Å². The molecule has 0 saturated heterocycles. The van der Waals surface area contributed by atoms with Crippen molar-refractivity contribution >= 4 is 5.97 Å². The van der Waals surface area contributed by atoms with Gasteiger partial charge >= 0.3 is 5.97 Å². The Morgan fingerprint density at radius 3 is 2.64 bits per heavy atom. The summed E-state index contributed by atoms with van der Waals surface area (Å²) in [5, 5.41) is 18.0. The molecule has 1 aromatic rings. The lowest BCUT2D eigenvalue weighted by atomic mass is 10.1. The summed E-state index contributed by atoms with van der Waals surface area (Å²) in [5.74, 6) is -0.857. The fraction of sp³-hybridized carbons (Fsp3) is 0.300. The first-order chi connectivity index (χ1) is 6.52. The minimum atomic E-state index is -1.07. The molecule has 0 fully saturated rings. The molecular formula is C10H12O4. The molecule has 0 radical (unpaired) electrons. The maximum Gasteiger partial charge on any atom is 0.341 e. The first-order valence-corrected chi connectivity index (χ1v) is 4.16. The molecule has 0 atom stereocenters. The van der Waals surface area contributed by atoms with Crippen LogP contribution in [0.15, 0.2) is 12.1 Å². The number of carboxylic acids is 1. The highest BCUT2D eigenvalue weighted by molar-refractivity contribution is 5.68. The summed E-state index contributed by atoms with van der Waals surface area (Å²) in [6.07, 6.45) is 0. The van der Waals surface area contributed by atoms with Crippen LogP contribution in [-0.4, -0.2) is 22.8 Å². The molecule has 0 aliphatic heterocycles. The van der Waals surface area contributed by atoms with E-state index in [0.29, 0.717) is 5.56 Å². The summed E-state index contributed by atoms with van der Waals surface area (Å²) in [6.45, 7) is 3.16. The van der Waals surface area contributed by atoms with Crippen LogP contribution < -0.4 is 4.74 Å². The quantitative estimate of drug-likeness (QED) is 0.768. The van der Waals surface area contributed by atoms with Crippen LogP contribution in [0.4, 0.5) is 0 Å². The number of aromatic hydroxyl groups is 1. The highest BCUT2D eigenvalue weighted by atomic mass is 16.5. The first-order valence-electron chi connectivity index (χ1n) is 4.16. The van der Waals surface area contributed by atoms with Gasteiger partial charge in [-0.25, -0.2) is 4.79 Å². The third kappa shape index (κ3) is 2.16. The van der Waals surface area contributed by atoms with Crippen LogP contribution in [-0.2, 0) is 4.79 Å². The Bertz CT molecular complexity index is 357. The van der Waals surface area contributed by atoms with Crippen LogP contribution in [0.5, 0.6) is 11.5 Å². The van der Waals surface area contributed by atoms with E-state index in [1.807, 2.05) is 6.92 Å². The molecule has 2 N–H and O–H groups in total. The molecule has 76 valence electrons. The Morgan fingerprint density at radius 1 is 1.43 bits per heavy atom. The number of hydrogen-bond acceptors (Lipinski definition) is 3. The van der Waals surface area contributed by atoms with E-state index < -0.39 is 12.6 Å². The highest BCUT2D eigenvalue weighted by Gasteiger charge is 2.08. The molecule has 0 bridgehead atoms. The second kappa shape index (κ2) is 4.00. The zero-order valence-electron chi connectivity index (χ0n) is 8.07. The Labute approximate surface area is 81.8 Å². The van der Waals surface area contributed by atoms with Gasteiger partial charge in [0.25, 0.3) is 0 Å². The SMILES string of the molecule is Cc1ccc(OCC(=O)O)c(O)c1C. The van der Waals surface area contributed by atoms with Crippen LogP contribution in [0.2, 0.25) is 0 Å². The van der Waals surface area contributed by atoms with Crippen molar-refractivity contribution in [1.82, 2.24) is 0 Å². The molecule has 1 aromatic carbocycles. The summed E-state index contributed by atoms with van der Waals surface area (Å²) in [5.41, 5.74) is 1.64. The van der Waals surface area contributed by atoms with Gasteiger partial charge in [-0.3, -0.25) is 0 Å². The van der Waals surface area contributed by atoms with Crippen LogP contribution in [0.1, 0.15) is 11.1 Å². The van der Waals surface area contributed by atoms with Gasteiger partial charge in [0.05, 0.1) is 0 Å². The lowest BCUT2D eigenvalue weighted by Crippen LogP contribution is -2.09. The molecule has 0 heterocycles. The van der Waals surface area contributed by atoms with Crippen molar-refractivity contribution in [3.63, 3.8) is 0 Å². The number of hydrogen-bond donors (Lipinski definition) is 2. The highest BCUT2D eigenvalue weighted by Crippen LogP contribution is 2.31. The molecule has 0 saturated carbocycles. The monoisotopic (exact) mass is 196 g/mol. The fourth-order valence-corrected chi connectivity index (χ4v) is 1.03. The Balaban J connectivity index is 2.88. The zero-order chi connectivity index (χ0) is 10.7. The molecule has 4 heteroatoms. The van der Waals surface area contributed by atoms with Crippen molar-refractivity contribution in [3.05, 3.63) is 23.3 Å². The van der Waals surface area contributed by atoms with Crippen molar-refractivity contribution in [1.29, 1.82) is 0 Å². The molecule has 0 aliphatic carbocycles. The fourth-order valence-electron chi connectivity index (χ4n) is 1.03. The Hall–Kier alpha value is -1.71. The van der Waals surface area contributed by atoms with E-state index in [1.165, 1.54) is 0 Å². The van der Waals surface area contributed by atoms with Crippen molar-refractivity contribution in [2.75, 3.05) is 6.61 Å². The van der Waals surface area contributed by atoms with Gasteiger partial charge in [0.1, 0.15) is 0 Å². The number of carboxylic acid groups (broad SMARTS) is 1. The average Bonchev–Trinajstić information content (AvgIpc) is 2.13. The smallest absolute Gasteiger partial charge is 0.341 e. The van der Waals surface area contributed by atoms with Gasteiger partial charge < -0.3 is 14.9 Å². The molecule has 0 aliphatic rings. The van der Waals surface area contributed by atoms with Crippen LogP contribution in [0.25, 0.3) is 0 Å². The number of phenols is 1. The van der Waals surface area contributed by atoms with Gasteiger partial charge in [0, 0.05) is 0 Å².